The Morgan fingerprint density at radius 3 is 2.24 bits per heavy atom. The topological polar surface area (TPSA) is 0 Å². The second-order valence-electron chi connectivity index (χ2n) is 5.34. The first-order valence-corrected chi connectivity index (χ1v) is 7.32. The molecule has 0 spiro atoms. The predicted octanol–water partition coefficient (Wildman–Crippen LogP) is 5.79. The van der Waals surface area contributed by atoms with E-state index in [-0.39, 0.29) is 0 Å². The van der Waals surface area contributed by atoms with Gasteiger partial charge in [-0.1, -0.05) is 76.8 Å². The van der Waals surface area contributed by atoms with Crippen LogP contribution in [0, 0.1) is 5.92 Å². The molecule has 0 aliphatic heterocycles. The molecule has 0 saturated heterocycles. The van der Waals surface area contributed by atoms with Crippen molar-refractivity contribution in [2.45, 2.75) is 65.2 Å². The summed E-state index contributed by atoms with van der Waals surface area (Å²) < 4.78 is 0. The van der Waals surface area contributed by atoms with Crippen molar-refractivity contribution in [3.05, 3.63) is 35.9 Å². The summed E-state index contributed by atoms with van der Waals surface area (Å²) in [7, 11) is 0. The molecule has 0 saturated carbocycles. The Morgan fingerprint density at radius 1 is 0.941 bits per heavy atom. The van der Waals surface area contributed by atoms with Crippen LogP contribution in [0.2, 0.25) is 0 Å². The molecule has 0 fully saturated rings. The van der Waals surface area contributed by atoms with Crippen LogP contribution in [0.1, 0.15) is 70.8 Å². The van der Waals surface area contributed by atoms with Crippen molar-refractivity contribution in [2.24, 2.45) is 5.92 Å². The third-order valence-corrected chi connectivity index (χ3v) is 3.79. The summed E-state index contributed by atoms with van der Waals surface area (Å²) in [5, 5.41) is 0. The third kappa shape index (κ3) is 5.39. The second kappa shape index (κ2) is 8.33. The molecule has 1 aromatic rings. The van der Waals surface area contributed by atoms with E-state index in [0.29, 0.717) is 0 Å². The van der Waals surface area contributed by atoms with Crippen molar-refractivity contribution in [1.29, 1.82) is 0 Å². The van der Waals surface area contributed by atoms with Crippen molar-refractivity contribution in [1.82, 2.24) is 0 Å². The van der Waals surface area contributed by atoms with E-state index in [2.05, 4.69) is 51.1 Å². The number of hydrogen-bond acceptors (Lipinski definition) is 0. The minimum Gasteiger partial charge on any atom is -0.0654 e. The Bertz CT molecular complexity index is 275. The van der Waals surface area contributed by atoms with Crippen LogP contribution in [0.3, 0.4) is 0 Å². The lowest BCUT2D eigenvalue weighted by molar-refractivity contribution is 0.441. The van der Waals surface area contributed by atoms with Gasteiger partial charge in [-0.3, -0.25) is 0 Å². The monoisotopic (exact) mass is 232 g/mol. The normalized spacial score (nSPS) is 14.5. The first kappa shape index (κ1) is 14.3. The van der Waals surface area contributed by atoms with E-state index >= 15 is 0 Å². The smallest absolute Gasteiger partial charge is 0.0165 e. The minimum atomic E-state index is 0.769. The fourth-order valence-corrected chi connectivity index (χ4v) is 2.68. The lowest BCUT2D eigenvalue weighted by Crippen LogP contribution is -2.00. The maximum atomic E-state index is 2.40. The molecule has 96 valence electrons. The van der Waals surface area contributed by atoms with Crippen LogP contribution < -0.4 is 0 Å². The quantitative estimate of drug-likeness (QED) is 0.532. The zero-order valence-corrected chi connectivity index (χ0v) is 11.8. The maximum absolute atomic E-state index is 2.40. The molecule has 0 heterocycles. The molecule has 0 bridgehead atoms. The number of hydrogen-bond donors (Lipinski definition) is 0. The molecule has 0 aliphatic carbocycles. The van der Waals surface area contributed by atoms with Gasteiger partial charge in [0.2, 0.25) is 0 Å². The molecule has 0 aromatic heterocycles. The van der Waals surface area contributed by atoms with Crippen LogP contribution in [-0.4, -0.2) is 0 Å². The van der Waals surface area contributed by atoms with Crippen LogP contribution in [0.15, 0.2) is 30.3 Å². The molecule has 17 heavy (non-hydrogen) atoms. The highest BCUT2D eigenvalue weighted by Crippen LogP contribution is 2.26. The Kier molecular flexibility index (Phi) is 7.00. The van der Waals surface area contributed by atoms with Gasteiger partial charge in [-0.2, -0.15) is 0 Å². The average Bonchev–Trinajstić information content (AvgIpc) is 2.36. The van der Waals surface area contributed by atoms with Crippen molar-refractivity contribution < 1.29 is 0 Å². The highest BCUT2D eigenvalue weighted by molar-refractivity contribution is 5.19. The Morgan fingerprint density at radius 2 is 1.65 bits per heavy atom. The molecule has 0 heteroatoms. The summed E-state index contributed by atoms with van der Waals surface area (Å²) in [6, 6.07) is 11.0. The van der Waals surface area contributed by atoms with E-state index in [9.17, 15) is 0 Å². The van der Waals surface area contributed by atoms with Crippen molar-refractivity contribution in [2.75, 3.05) is 0 Å². The van der Waals surface area contributed by atoms with Gasteiger partial charge in [0.05, 0.1) is 0 Å². The zero-order valence-electron chi connectivity index (χ0n) is 11.8. The summed E-state index contributed by atoms with van der Waals surface area (Å²) in [6.45, 7) is 7.00. The van der Waals surface area contributed by atoms with E-state index in [1.54, 1.807) is 0 Å². The summed E-state index contributed by atoms with van der Waals surface area (Å²) in [6.07, 6.45) is 8.13. The molecule has 2 atom stereocenters. The standard InChI is InChI=1S/C17H28/c1-4-10-15(3)11-9-14-16(5-2)17-12-7-6-8-13-17/h6-8,12-13,15-16H,4-5,9-11,14H2,1-3H3. The molecular formula is C17H28. The molecule has 1 aromatic carbocycles. The van der Waals surface area contributed by atoms with Gasteiger partial charge in [-0.05, 0) is 30.2 Å². The SMILES string of the molecule is CCCC(C)CCCC(CC)c1ccccc1. The highest BCUT2D eigenvalue weighted by Gasteiger charge is 2.09. The van der Waals surface area contributed by atoms with E-state index < -0.39 is 0 Å². The van der Waals surface area contributed by atoms with Crippen molar-refractivity contribution in [3.63, 3.8) is 0 Å². The number of benzene rings is 1. The summed E-state index contributed by atoms with van der Waals surface area (Å²) in [5.74, 6) is 1.68. The fourth-order valence-electron chi connectivity index (χ4n) is 2.68. The van der Waals surface area contributed by atoms with Crippen molar-refractivity contribution >= 4 is 0 Å². The zero-order chi connectivity index (χ0) is 12.5. The van der Waals surface area contributed by atoms with Crippen LogP contribution in [0.25, 0.3) is 0 Å². The van der Waals surface area contributed by atoms with E-state index in [0.717, 1.165) is 11.8 Å². The lowest BCUT2D eigenvalue weighted by Gasteiger charge is -2.16. The molecule has 0 aliphatic rings. The molecule has 0 radical (unpaired) electrons. The molecule has 2 unspecified atom stereocenters. The van der Waals surface area contributed by atoms with Gasteiger partial charge in [0, 0.05) is 0 Å². The molecule has 0 nitrogen and oxygen atoms in total. The van der Waals surface area contributed by atoms with Crippen LogP contribution >= 0.6 is 0 Å². The first-order chi connectivity index (χ1) is 8.27. The van der Waals surface area contributed by atoms with Crippen LogP contribution in [0.5, 0.6) is 0 Å². The van der Waals surface area contributed by atoms with E-state index in [1.165, 1.54) is 44.1 Å². The Labute approximate surface area is 107 Å². The number of rotatable bonds is 8. The molecule has 1 rings (SSSR count). The fraction of sp³-hybridized carbons (Fsp3) is 0.647. The molecule has 0 N–H and O–H groups in total. The molecule has 0 amide bonds. The Balaban J connectivity index is 2.33. The van der Waals surface area contributed by atoms with Gasteiger partial charge < -0.3 is 0 Å². The molecular weight excluding hydrogens is 204 g/mol. The van der Waals surface area contributed by atoms with E-state index in [1.807, 2.05) is 0 Å². The van der Waals surface area contributed by atoms with Gasteiger partial charge in [-0.25, -0.2) is 0 Å². The summed E-state index contributed by atoms with van der Waals surface area (Å²) in [5.41, 5.74) is 1.53. The highest BCUT2D eigenvalue weighted by atomic mass is 14.1. The summed E-state index contributed by atoms with van der Waals surface area (Å²) in [4.78, 5) is 0. The lowest BCUT2D eigenvalue weighted by atomic mass is 9.89. The third-order valence-electron chi connectivity index (χ3n) is 3.79. The maximum Gasteiger partial charge on any atom is -0.0165 e. The van der Waals surface area contributed by atoms with Gasteiger partial charge in [0.15, 0.2) is 0 Å². The largest absolute Gasteiger partial charge is 0.0654 e. The average molecular weight is 232 g/mol. The Hall–Kier alpha value is -0.780. The van der Waals surface area contributed by atoms with Gasteiger partial charge >= 0.3 is 0 Å². The summed E-state index contributed by atoms with van der Waals surface area (Å²) >= 11 is 0. The first-order valence-electron chi connectivity index (χ1n) is 7.32. The van der Waals surface area contributed by atoms with Gasteiger partial charge in [0.1, 0.15) is 0 Å². The van der Waals surface area contributed by atoms with Gasteiger partial charge in [0.25, 0.3) is 0 Å². The van der Waals surface area contributed by atoms with Gasteiger partial charge in [-0.15, -0.1) is 0 Å². The van der Waals surface area contributed by atoms with Crippen LogP contribution in [-0.2, 0) is 0 Å². The van der Waals surface area contributed by atoms with E-state index in [4.69, 9.17) is 0 Å². The second-order valence-corrected chi connectivity index (χ2v) is 5.34. The van der Waals surface area contributed by atoms with Crippen LogP contribution in [0.4, 0.5) is 0 Å². The predicted molar refractivity (Wildman–Crippen MR) is 77.4 cm³/mol. The van der Waals surface area contributed by atoms with Crippen molar-refractivity contribution in [3.8, 4) is 0 Å². The minimum absolute atomic E-state index is 0.769.